The van der Waals surface area contributed by atoms with E-state index in [0.29, 0.717) is 18.0 Å². The lowest BCUT2D eigenvalue weighted by atomic mass is 9.78. The number of benzene rings is 1. The molecule has 0 spiro atoms. The molecule has 1 saturated heterocycles. The van der Waals surface area contributed by atoms with Crippen LogP contribution in [0.5, 0.6) is 0 Å². The zero-order valence-electron chi connectivity index (χ0n) is 18.5. The van der Waals surface area contributed by atoms with Crippen LogP contribution in [0.25, 0.3) is 10.9 Å². The first-order chi connectivity index (χ1) is 13.6. The van der Waals surface area contributed by atoms with Crippen molar-refractivity contribution in [1.82, 2.24) is 14.9 Å². The molecule has 0 atom stereocenters. The third kappa shape index (κ3) is 4.13. The fourth-order valence-electron chi connectivity index (χ4n) is 4.17. The molecule has 1 aromatic heterocycles. The average molecular weight is 396 g/mol. The Labute approximate surface area is 174 Å². The molecule has 2 aromatic rings. The van der Waals surface area contributed by atoms with Gasteiger partial charge in [-0.2, -0.15) is 0 Å². The maximum atomic E-state index is 6.17. The quantitative estimate of drug-likeness (QED) is 0.801. The van der Waals surface area contributed by atoms with Gasteiger partial charge in [0.15, 0.2) is 0 Å². The first-order valence-corrected chi connectivity index (χ1v) is 10.7. The van der Waals surface area contributed by atoms with Crippen molar-refractivity contribution < 1.29 is 9.31 Å². The van der Waals surface area contributed by atoms with Gasteiger partial charge >= 0.3 is 7.12 Å². The van der Waals surface area contributed by atoms with Crippen molar-refractivity contribution in [2.45, 2.75) is 76.7 Å². The minimum absolute atomic E-state index is 0.345. The van der Waals surface area contributed by atoms with Crippen molar-refractivity contribution >= 4 is 29.4 Å². The lowest BCUT2D eigenvalue weighted by molar-refractivity contribution is 0.00578. The minimum atomic E-state index is -0.367. The van der Waals surface area contributed by atoms with Crippen LogP contribution in [0, 0.1) is 0 Å². The lowest BCUT2D eigenvalue weighted by Crippen LogP contribution is -2.41. The van der Waals surface area contributed by atoms with Crippen molar-refractivity contribution in [2.75, 3.05) is 19.4 Å². The summed E-state index contributed by atoms with van der Waals surface area (Å²) in [5.74, 6) is 0.717. The Bertz CT molecular complexity index is 862. The van der Waals surface area contributed by atoms with Gasteiger partial charge in [-0.25, -0.2) is 9.97 Å². The summed E-state index contributed by atoms with van der Waals surface area (Å²) in [7, 11) is 3.97. The third-order valence-electron chi connectivity index (χ3n) is 6.89. The molecule has 0 unspecified atom stereocenters. The van der Waals surface area contributed by atoms with Crippen molar-refractivity contribution in [3.05, 3.63) is 24.4 Å². The maximum absolute atomic E-state index is 6.17. The maximum Gasteiger partial charge on any atom is 0.494 e. The van der Waals surface area contributed by atoms with Crippen LogP contribution in [-0.2, 0) is 9.31 Å². The summed E-state index contributed by atoms with van der Waals surface area (Å²) in [6, 6.07) is 7.30. The molecule has 1 N–H and O–H groups in total. The van der Waals surface area contributed by atoms with Crippen LogP contribution in [0.4, 0.5) is 5.95 Å². The Hall–Kier alpha value is -1.70. The number of nitrogens with one attached hydrogen (secondary N) is 1. The van der Waals surface area contributed by atoms with Crippen LogP contribution < -0.4 is 10.8 Å². The third-order valence-corrected chi connectivity index (χ3v) is 6.89. The highest BCUT2D eigenvalue weighted by Crippen LogP contribution is 2.36. The monoisotopic (exact) mass is 396 g/mol. The molecule has 4 rings (SSSR count). The number of hydrogen-bond acceptors (Lipinski definition) is 6. The first kappa shape index (κ1) is 20.6. The van der Waals surface area contributed by atoms with Crippen LogP contribution >= 0.6 is 0 Å². The molecule has 2 heterocycles. The second-order valence-corrected chi connectivity index (χ2v) is 9.71. The number of anilines is 1. The molecule has 6 nitrogen and oxygen atoms in total. The molecule has 1 saturated carbocycles. The molecule has 29 heavy (non-hydrogen) atoms. The SMILES string of the molecule is CN(C)[C@H]1CC[C@@H](Nc2ncc3cc(B4OC(C)(C)C(C)(C)O4)ccc3n2)CC1. The van der Waals surface area contributed by atoms with E-state index in [1.165, 1.54) is 12.8 Å². The summed E-state index contributed by atoms with van der Waals surface area (Å²) >= 11 is 0. The second kappa shape index (κ2) is 7.53. The van der Waals surface area contributed by atoms with E-state index in [1.807, 2.05) is 18.3 Å². The molecule has 1 aliphatic carbocycles. The van der Waals surface area contributed by atoms with E-state index in [0.717, 1.165) is 29.2 Å². The summed E-state index contributed by atoms with van der Waals surface area (Å²) in [6.45, 7) is 8.28. The smallest absolute Gasteiger partial charge is 0.399 e. The molecular weight excluding hydrogens is 363 g/mol. The van der Waals surface area contributed by atoms with Crippen molar-refractivity contribution in [3.63, 3.8) is 0 Å². The Kier molecular flexibility index (Phi) is 5.34. The van der Waals surface area contributed by atoms with Gasteiger partial charge in [-0.15, -0.1) is 0 Å². The number of hydrogen-bond donors (Lipinski definition) is 1. The van der Waals surface area contributed by atoms with Gasteiger partial charge in [-0.1, -0.05) is 12.1 Å². The van der Waals surface area contributed by atoms with Gasteiger partial charge in [0.1, 0.15) is 0 Å². The molecule has 2 fully saturated rings. The summed E-state index contributed by atoms with van der Waals surface area (Å²) in [5, 5.41) is 4.53. The first-order valence-electron chi connectivity index (χ1n) is 10.7. The van der Waals surface area contributed by atoms with Crippen LogP contribution in [0.2, 0.25) is 0 Å². The fourth-order valence-corrected chi connectivity index (χ4v) is 4.17. The topological polar surface area (TPSA) is 59.5 Å². The van der Waals surface area contributed by atoms with Gasteiger partial charge in [-0.3, -0.25) is 0 Å². The molecule has 0 bridgehead atoms. The van der Waals surface area contributed by atoms with Crippen molar-refractivity contribution in [1.29, 1.82) is 0 Å². The standard InChI is InChI=1S/C22H33BN4O2/c1-21(2)22(3,4)29-23(28-21)16-7-12-19-15(13-16)14-24-20(26-19)25-17-8-10-18(11-9-17)27(5)6/h7,12-14,17-18H,8-11H2,1-6H3,(H,24,25,26)/t17-,18+. The number of nitrogens with zero attached hydrogens (tertiary/aromatic N) is 3. The highest BCUT2D eigenvalue weighted by atomic mass is 16.7. The van der Waals surface area contributed by atoms with E-state index in [9.17, 15) is 0 Å². The van der Waals surface area contributed by atoms with Crippen LogP contribution in [0.3, 0.4) is 0 Å². The van der Waals surface area contributed by atoms with E-state index < -0.39 is 0 Å². The largest absolute Gasteiger partial charge is 0.494 e. The van der Waals surface area contributed by atoms with E-state index in [4.69, 9.17) is 14.3 Å². The molecule has 156 valence electrons. The van der Waals surface area contributed by atoms with Gasteiger partial charge in [-0.05, 0) is 79.0 Å². The molecule has 7 heteroatoms. The lowest BCUT2D eigenvalue weighted by Gasteiger charge is -2.32. The summed E-state index contributed by atoms with van der Waals surface area (Å²) in [6.07, 6.45) is 6.65. The van der Waals surface area contributed by atoms with Gasteiger partial charge in [0.2, 0.25) is 5.95 Å². The van der Waals surface area contributed by atoms with Gasteiger partial charge in [0.25, 0.3) is 0 Å². The number of aromatic nitrogens is 2. The molecule has 2 aliphatic rings. The van der Waals surface area contributed by atoms with Crippen molar-refractivity contribution in [2.24, 2.45) is 0 Å². The van der Waals surface area contributed by atoms with Crippen molar-refractivity contribution in [3.8, 4) is 0 Å². The van der Waals surface area contributed by atoms with E-state index in [2.05, 4.69) is 63.1 Å². The zero-order valence-corrected chi connectivity index (χ0v) is 18.5. The number of fused-ring (bicyclic) bond motifs is 1. The highest BCUT2D eigenvalue weighted by molar-refractivity contribution is 6.62. The number of rotatable bonds is 4. The van der Waals surface area contributed by atoms with Gasteiger partial charge in [0, 0.05) is 23.7 Å². The molecule has 1 aromatic carbocycles. The predicted molar refractivity (Wildman–Crippen MR) is 119 cm³/mol. The summed E-state index contributed by atoms with van der Waals surface area (Å²) < 4.78 is 12.3. The van der Waals surface area contributed by atoms with Gasteiger partial charge < -0.3 is 19.5 Å². The van der Waals surface area contributed by atoms with E-state index >= 15 is 0 Å². The van der Waals surface area contributed by atoms with Crippen LogP contribution in [0.1, 0.15) is 53.4 Å². The summed E-state index contributed by atoms with van der Waals surface area (Å²) in [5.41, 5.74) is 1.25. The predicted octanol–water partition coefficient (Wildman–Crippen LogP) is 3.21. The van der Waals surface area contributed by atoms with E-state index in [-0.39, 0.29) is 18.3 Å². The Balaban J connectivity index is 1.46. The highest BCUT2D eigenvalue weighted by Gasteiger charge is 2.51. The van der Waals surface area contributed by atoms with E-state index in [1.54, 1.807) is 0 Å². The Morgan fingerprint density at radius 2 is 1.69 bits per heavy atom. The van der Waals surface area contributed by atoms with Gasteiger partial charge in [0.05, 0.1) is 16.7 Å². The Morgan fingerprint density at radius 1 is 1.03 bits per heavy atom. The molecule has 0 radical (unpaired) electrons. The minimum Gasteiger partial charge on any atom is -0.399 e. The fraction of sp³-hybridized carbons (Fsp3) is 0.636. The van der Waals surface area contributed by atoms with Crippen LogP contribution in [0.15, 0.2) is 24.4 Å². The molecule has 0 amide bonds. The summed E-state index contributed by atoms with van der Waals surface area (Å²) in [4.78, 5) is 11.6. The normalized spacial score (nSPS) is 26.2. The zero-order chi connectivity index (χ0) is 20.8. The average Bonchev–Trinajstić information content (AvgIpc) is 2.89. The molecule has 1 aliphatic heterocycles. The Morgan fingerprint density at radius 3 is 2.31 bits per heavy atom. The van der Waals surface area contributed by atoms with Crippen LogP contribution in [-0.4, -0.2) is 59.4 Å². The second-order valence-electron chi connectivity index (χ2n) is 9.71. The molecular formula is C22H33BN4O2.